The molecule has 0 aromatic heterocycles. The Bertz CT molecular complexity index is 822. The molecule has 5 nitrogen and oxygen atoms in total. The van der Waals surface area contributed by atoms with Crippen molar-refractivity contribution in [3.63, 3.8) is 0 Å². The molecule has 130 valence electrons. The maximum atomic E-state index is 13.4. The topological polar surface area (TPSA) is 61.4 Å². The smallest absolute Gasteiger partial charge is 0.246 e. The molecule has 1 aliphatic rings. The van der Waals surface area contributed by atoms with Gasteiger partial charge in [0.2, 0.25) is 11.8 Å². The zero-order valence-electron chi connectivity index (χ0n) is 14.2. The Balaban J connectivity index is 1.83. The molecular weight excluding hydrogens is 321 g/mol. The van der Waals surface area contributed by atoms with Crippen LogP contribution >= 0.6 is 0 Å². The van der Waals surface area contributed by atoms with Gasteiger partial charge in [-0.2, -0.15) is 0 Å². The number of para-hydroxylation sites is 2. The zero-order valence-corrected chi connectivity index (χ0v) is 14.2. The number of amides is 2. The van der Waals surface area contributed by atoms with Gasteiger partial charge in [0.1, 0.15) is 5.82 Å². The molecule has 0 fully saturated rings. The van der Waals surface area contributed by atoms with Crippen molar-refractivity contribution >= 4 is 28.9 Å². The van der Waals surface area contributed by atoms with Gasteiger partial charge in [0, 0.05) is 18.2 Å². The highest BCUT2D eigenvalue weighted by Crippen LogP contribution is 2.31. The van der Waals surface area contributed by atoms with Crippen LogP contribution in [0.5, 0.6) is 0 Å². The lowest BCUT2D eigenvalue weighted by atomic mass is 10.1. The Morgan fingerprint density at radius 1 is 1.32 bits per heavy atom. The fourth-order valence-corrected chi connectivity index (χ4v) is 3.01. The summed E-state index contributed by atoms with van der Waals surface area (Å²) in [5.41, 5.74) is 2.73. The molecule has 2 aromatic rings. The molecule has 0 spiro atoms. The molecule has 3 rings (SSSR count). The number of hydrogen-bond acceptors (Lipinski definition) is 3. The second-order valence-electron chi connectivity index (χ2n) is 6.20. The minimum Gasteiger partial charge on any atom is -0.376 e. The summed E-state index contributed by atoms with van der Waals surface area (Å²) >= 11 is 0. The molecule has 2 N–H and O–H groups in total. The molecule has 0 saturated heterocycles. The lowest BCUT2D eigenvalue weighted by Crippen LogP contribution is -2.42. The summed E-state index contributed by atoms with van der Waals surface area (Å²) in [6.45, 7) is 3.70. The molecule has 1 unspecified atom stereocenters. The van der Waals surface area contributed by atoms with Crippen LogP contribution in [0.4, 0.5) is 21.5 Å². The number of halogens is 1. The van der Waals surface area contributed by atoms with Crippen LogP contribution in [0.15, 0.2) is 42.5 Å². The van der Waals surface area contributed by atoms with Gasteiger partial charge in [-0.1, -0.05) is 18.2 Å². The highest BCUT2D eigenvalue weighted by molar-refractivity contribution is 6.05. The Labute approximate surface area is 145 Å². The maximum absolute atomic E-state index is 13.4. The number of nitrogens with zero attached hydrogens (tertiary/aromatic N) is 1. The number of fused-ring (bicyclic) bond motifs is 1. The van der Waals surface area contributed by atoms with E-state index in [1.165, 1.54) is 12.1 Å². The van der Waals surface area contributed by atoms with Crippen LogP contribution < -0.4 is 15.5 Å². The summed E-state index contributed by atoms with van der Waals surface area (Å²) in [5, 5.41) is 5.82. The number of hydrogen-bond donors (Lipinski definition) is 2. The van der Waals surface area contributed by atoms with Gasteiger partial charge >= 0.3 is 0 Å². The second kappa shape index (κ2) is 6.93. The van der Waals surface area contributed by atoms with Crippen molar-refractivity contribution < 1.29 is 14.0 Å². The third kappa shape index (κ3) is 3.63. The van der Waals surface area contributed by atoms with Gasteiger partial charge in [0.25, 0.3) is 0 Å². The van der Waals surface area contributed by atoms with Gasteiger partial charge in [-0.05, 0) is 43.7 Å². The van der Waals surface area contributed by atoms with E-state index >= 15 is 0 Å². The van der Waals surface area contributed by atoms with E-state index in [-0.39, 0.29) is 36.6 Å². The highest BCUT2D eigenvalue weighted by atomic mass is 19.1. The summed E-state index contributed by atoms with van der Waals surface area (Å²) in [6, 6.07) is 11.4. The molecule has 2 amide bonds. The minimum absolute atomic E-state index is 0.0111. The molecular formula is C19H20FN3O2. The summed E-state index contributed by atoms with van der Waals surface area (Å²) in [6.07, 6.45) is 0.222. The van der Waals surface area contributed by atoms with Crippen molar-refractivity contribution in [1.29, 1.82) is 0 Å². The SMILES string of the molecule is Cc1ccc(F)cc1NCC(=O)N1c2ccccc2NC(=O)CC1C. The molecule has 1 aliphatic heterocycles. The summed E-state index contributed by atoms with van der Waals surface area (Å²) in [5.74, 6) is -0.659. The van der Waals surface area contributed by atoms with Crippen molar-refractivity contribution in [3.8, 4) is 0 Å². The molecule has 2 aromatic carbocycles. The molecule has 6 heteroatoms. The molecule has 25 heavy (non-hydrogen) atoms. The average Bonchev–Trinajstić information content (AvgIpc) is 2.69. The number of aryl methyl sites for hydroxylation is 1. The van der Waals surface area contributed by atoms with Crippen molar-refractivity contribution in [1.82, 2.24) is 0 Å². The fraction of sp³-hybridized carbons (Fsp3) is 0.263. The third-order valence-electron chi connectivity index (χ3n) is 4.26. The normalized spacial score (nSPS) is 16.7. The van der Waals surface area contributed by atoms with E-state index in [1.54, 1.807) is 17.0 Å². The summed E-state index contributed by atoms with van der Waals surface area (Å²) in [4.78, 5) is 26.4. The van der Waals surface area contributed by atoms with E-state index in [9.17, 15) is 14.0 Å². The first kappa shape index (κ1) is 17.0. The van der Waals surface area contributed by atoms with E-state index in [2.05, 4.69) is 10.6 Å². The molecule has 1 atom stereocenters. The average molecular weight is 341 g/mol. The van der Waals surface area contributed by atoms with E-state index < -0.39 is 0 Å². The fourth-order valence-electron chi connectivity index (χ4n) is 3.01. The number of rotatable bonds is 3. The van der Waals surface area contributed by atoms with Crippen molar-refractivity contribution in [3.05, 3.63) is 53.8 Å². The van der Waals surface area contributed by atoms with E-state index in [4.69, 9.17) is 0 Å². The van der Waals surface area contributed by atoms with Crippen LogP contribution in [0, 0.1) is 12.7 Å². The van der Waals surface area contributed by atoms with E-state index in [0.717, 1.165) is 5.56 Å². The zero-order chi connectivity index (χ0) is 18.0. The van der Waals surface area contributed by atoms with Gasteiger partial charge in [0.05, 0.1) is 17.9 Å². The van der Waals surface area contributed by atoms with Crippen LogP contribution in [-0.4, -0.2) is 24.4 Å². The monoisotopic (exact) mass is 341 g/mol. The van der Waals surface area contributed by atoms with Crippen molar-refractivity contribution in [2.45, 2.75) is 26.3 Å². The maximum Gasteiger partial charge on any atom is 0.246 e. The summed E-state index contributed by atoms with van der Waals surface area (Å²) < 4.78 is 13.4. The van der Waals surface area contributed by atoms with E-state index in [0.29, 0.717) is 17.1 Å². The molecule has 0 radical (unpaired) electrons. The van der Waals surface area contributed by atoms with Crippen LogP contribution in [0.25, 0.3) is 0 Å². The largest absolute Gasteiger partial charge is 0.376 e. The molecule has 1 heterocycles. The first-order chi connectivity index (χ1) is 12.0. The number of carbonyl (C=O) groups excluding carboxylic acids is 2. The second-order valence-corrected chi connectivity index (χ2v) is 6.20. The van der Waals surface area contributed by atoms with Crippen LogP contribution in [0.2, 0.25) is 0 Å². The number of nitrogens with one attached hydrogen (secondary N) is 2. The molecule has 0 aliphatic carbocycles. The predicted molar refractivity (Wildman–Crippen MR) is 96.3 cm³/mol. The first-order valence-corrected chi connectivity index (χ1v) is 8.16. The lowest BCUT2D eigenvalue weighted by Gasteiger charge is -2.28. The van der Waals surface area contributed by atoms with Crippen LogP contribution in [-0.2, 0) is 9.59 Å². The number of carbonyl (C=O) groups is 2. The Morgan fingerprint density at radius 2 is 2.08 bits per heavy atom. The lowest BCUT2D eigenvalue weighted by molar-refractivity contribution is -0.118. The minimum atomic E-state index is -0.358. The molecule has 0 saturated carbocycles. The number of anilines is 3. The Kier molecular flexibility index (Phi) is 4.70. The highest BCUT2D eigenvalue weighted by Gasteiger charge is 2.29. The van der Waals surface area contributed by atoms with Gasteiger partial charge in [0.15, 0.2) is 0 Å². The Hall–Kier alpha value is -2.89. The van der Waals surface area contributed by atoms with E-state index in [1.807, 2.05) is 32.0 Å². The number of benzene rings is 2. The molecule has 0 bridgehead atoms. The van der Waals surface area contributed by atoms with Gasteiger partial charge in [-0.25, -0.2) is 4.39 Å². The quantitative estimate of drug-likeness (QED) is 0.900. The Morgan fingerprint density at radius 3 is 2.88 bits per heavy atom. The van der Waals surface area contributed by atoms with Crippen LogP contribution in [0.1, 0.15) is 18.9 Å². The van der Waals surface area contributed by atoms with Crippen LogP contribution in [0.3, 0.4) is 0 Å². The van der Waals surface area contributed by atoms with Crippen molar-refractivity contribution in [2.24, 2.45) is 0 Å². The van der Waals surface area contributed by atoms with Gasteiger partial charge < -0.3 is 15.5 Å². The first-order valence-electron chi connectivity index (χ1n) is 8.16. The van der Waals surface area contributed by atoms with Crippen molar-refractivity contribution in [2.75, 3.05) is 22.1 Å². The standard InChI is InChI=1S/C19H20FN3O2/c1-12-7-8-14(20)10-16(12)21-11-19(25)23-13(2)9-18(24)22-15-5-3-4-6-17(15)23/h3-8,10,13,21H,9,11H2,1-2H3,(H,22,24). The predicted octanol–water partition coefficient (Wildman–Crippen LogP) is 3.31. The van der Waals surface area contributed by atoms with Gasteiger partial charge in [-0.3, -0.25) is 9.59 Å². The summed E-state index contributed by atoms with van der Waals surface area (Å²) in [7, 11) is 0. The van der Waals surface area contributed by atoms with Gasteiger partial charge in [-0.15, -0.1) is 0 Å². The third-order valence-corrected chi connectivity index (χ3v) is 4.26.